The van der Waals surface area contributed by atoms with Crippen molar-refractivity contribution in [2.45, 2.75) is 18.3 Å². The van der Waals surface area contributed by atoms with Gasteiger partial charge in [-0.15, -0.1) is 10.2 Å². The molecule has 1 unspecified atom stereocenters. The number of hydrogen-bond acceptors (Lipinski definition) is 5. The summed E-state index contributed by atoms with van der Waals surface area (Å²) in [5, 5.41) is 17.5. The fraction of sp³-hybridized carbons (Fsp3) is 0.273. The van der Waals surface area contributed by atoms with Crippen molar-refractivity contribution in [3.05, 3.63) is 30.3 Å². The van der Waals surface area contributed by atoms with E-state index in [1.807, 2.05) is 30.3 Å². The largest absolute Gasteiger partial charge is 0.411 e. The molecular formula is C11H12N2O2S. The minimum atomic E-state index is -0.378. The second kappa shape index (κ2) is 5.14. The SMILES string of the molecule is CC(O)CSc1nnc(-c2ccccc2)o1. The Labute approximate surface area is 97.7 Å². The number of rotatable bonds is 4. The molecule has 16 heavy (non-hydrogen) atoms. The Morgan fingerprint density at radius 1 is 1.31 bits per heavy atom. The summed E-state index contributed by atoms with van der Waals surface area (Å²) in [6.45, 7) is 1.72. The number of nitrogens with zero attached hydrogens (tertiary/aromatic N) is 2. The highest BCUT2D eigenvalue weighted by Crippen LogP contribution is 2.22. The van der Waals surface area contributed by atoms with Gasteiger partial charge in [0.1, 0.15) is 0 Å². The molecule has 0 amide bonds. The molecule has 0 radical (unpaired) electrons. The third-order valence-electron chi connectivity index (χ3n) is 1.88. The summed E-state index contributed by atoms with van der Waals surface area (Å²) >= 11 is 1.35. The van der Waals surface area contributed by atoms with Crippen molar-refractivity contribution in [2.75, 3.05) is 5.75 Å². The maximum atomic E-state index is 9.13. The Morgan fingerprint density at radius 2 is 2.06 bits per heavy atom. The maximum absolute atomic E-state index is 9.13. The predicted octanol–water partition coefficient (Wildman–Crippen LogP) is 2.21. The van der Waals surface area contributed by atoms with E-state index >= 15 is 0 Å². The number of benzene rings is 1. The molecule has 2 aromatic rings. The van der Waals surface area contributed by atoms with Crippen LogP contribution in [0, 0.1) is 0 Å². The first-order valence-corrected chi connectivity index (χ1v) is 5.94. The number of aliphatic hydroxyl groups is 1. The summed E-state index contributed by atoms with van der Waals surface area (Å²) in [6, 6.07) is 9.60. The lowest BCUT2D eigenvalue weighted by Gasteiger charge is -1.98. The van der Waals surface area contributed by atoms with E-state index in [1.165, 1.54) is 11.8 Å². The van der Waals surface area contributed by atoms with E-state index in [0.29, 0.717) is 16.9 Å². The first kappa shape index (κ1) is 11.2. The van der Waals surface area contributed by atoms with Crippen LogP contribution in [0.15, 0.2) is 40.0 Å². The second-order valence-electron chi connectivity index (χ2n) is 3.40. The number of thioether (sulfide) groups is 1. The zero-order valence-corrected chi connectivity index (χ0v) is 9.65. The van der Waals surface area contributed by atoms with Gasteiger partial charge in [-0.25, -0.2) is 0 Å². The van der Waals surface area contributed by atoms with Crippen LogP contribution in [0.5, 0.6) is 0 Å². The first-order chi connectivity index (χ1) is 7.75. The van der Waals surface area contributed by atoms with Crippen molar-refractivity contribution in [1.82, 2.24) is 10.2 Å². The summed E-state index contributed by atoms with van der Waals surface area (Å²) in [6.07, 6.45) is -0.378. The predicted molar refractivity (Wildman–Crippen MR) is 62.1 cm³/mol. The van der Waals surface area contributed by atoms with E-state index in [-0.39, 0.29) is 6.10 Å². The van der Waals surface area contributed by atoms with Crippen LogP contribution in [0.1, 0.15) is 6.92 Å². The highest BCUT2D eigenvalue weighted by Gasteiger charge is 2.09. The lowest BCUT2D eigenvalue weighted by atomic mass is 10.2. The topological polar surface area (TPSA) is 59.2 Å². The van der Waals surface area contributed by atoms with Crippen molar-refractivity contribution in [1.29, 1.82) is 0 Å². The van der Waals surface area contributed by atoms with Crippen LogP contribution in [-0.2, 0) is 0 Å². The van der Waals surface area contributed by atoms with Crippen LogP contribution >= 0.6 is 11.8 Å². The minimum absolute atomic E-state index is 0.378. The minimum Gasteiger partial charge on any atom is -0.411 e. The lowest BCUT2D eigenvalue weighted by Crippen LogP contribution is -2.02. The molecule has 2 rings (SSSR count). The molecule has 84 valence electrons. The fourth-order valence-corrected chi connectivity index (χ4v) is 1.78. The normalized spacial score (nSPS) is 12.6. The first-order valence-electron chi connectivity index (χ1n) is 4.95. The van der Waals surface area contributed by atoms with Gasteiger partial charge in [0, 0.05) is 11.3 Å². The molecule has 1 heterocycles. The molecule has 0 aliphatic heterocycles. The van der Waals surface area contributed by atoms with Gasteiger partial charge in [0.05, 0.1) is 6.10 Å². The Kier molecular flexibility index (Phi) is 3.58. The van der Waals surface area contributed by atoms with Crippen LogP contribution < -0.4 is 0 Å². The number of hydrogen-bond donors (Lipinski definition) is 1. The Bertz CT molecular complexity index is 442. The molecule has 0 fully saturated rings. The average molecular weight is 236 g/mol. The molecule has 0 aliphatic carbocycles. The molecule has 1 atom stereocenters. The van der Waals surface area contributed by atoms with Crippen molar-refractivity contribution in [3.8, 4) is 11.5 Å². The molecule has 0 spiro atoms. The summed E-state index contributed by atoms with van der Waals surface area (Å²) in [5.41, 5.74) is 0.902. The molecule has 0 aliphatic rings. The molecular weight excluding hydrogens is 224 g/mol. The van der Waals surface area contributed by atoms with Gasteiger partial charge < -0.3 is 9.52 Å². The van der Waals surface area contributed by atoms with Crippen molar-refractivity contribution >= 4 is 11.8 Å². The van der Waals surface area contributed by atoms with Gasteiger partial charge in [0.2, 0.25) is 5.89 Å². The molecule has 5 heteroatoms. The zero-order valence-electron chi connectivity index (χ0n) is 8.83. The van der Waals surface area contributed by atoms with Gasteiger partial charge in [0.15, 0.2) is 0 Å². The monoisotopic (exact) mass is 236 g/mol. The van der Waals surface area contributed by atoms with Crippen molar-refractivity contribution < 1.29 is 9.52 Å². The van der Waals surface area contributed by atoms with Gasteiger partial charge in [-0.1, -0.05) is 30.0 Å². The maximum Gasteiger partial charge on any atom is 0.276 e. The molecule has 1 N–H and O–H groups in total. The number of aromatic nitrogens is 2. The third-order valence-corrected chi connectivity index (χ3v) is 2.94. The molecule has 0 saturated heterocycles. The summed E-state index contributed by atoms with van der Waals surface area (Å²) in [5.74, 6) is 1.06. The molecule has 4 nitrogen and oxygen atoms in total. The highest BCUT2D eigenvalue weighted by molar-refractivity contribution is 7.99. The van der Waals surface area contributed by atoms with Crippen LogP contribution in [0.2, 0.25) is 0 Å². The van der Waals surface area contributed by atoms with Gasteiger partial charge in [0.25, 0.3) is 5.22 Å². The second-order valence-corrected chi connectivity index (χ2v) is 4.37. The van der Waals surface area contributed by atoms with E-state index in [4.69, 9.17) is 9.52 Å². The Balaban J connectivity index is 2.08. The standard InChI is InChI=1S/C11H12N2O2S/c1-8(14)7-16-11-13-12-10(15-11)9-5-3-2-4-6-9/h2-6,8,14H,7H2,1H3. The number of aliphatic hydroxyl groups excluding tert-OH is 1. The van der Waals surface area contributed by atoms with Crippen LogP contribution in [0.3, 0.4) is 0 Å². The van der Waals surface area contributed by atoms with Gasteiger partial charge >= 0.3 is 0 Å². The Hall–Kier alpha value is -1.33. The van der Waals surface area contributed by atoms with Crippen LogP contribution in [0.25, 0.3) is 11.5 Å². The van der Waals surface area contributed by atoms with Gasteiger partial charge in [-0.05, 0) is 19.1 Å². The Morgan fingerprint density at radius 3 is 2.75 bits per heavy atom. The fourth-order valence-electron chi connectivity index (χ4n) is 1.16. The van der Waals surface area contributed by atoms with E-state index in [9.17, 15) is 0 Å². The molecule has 1 aromatic heterocycles. The van der Waals surface area contributed by atoms with Crippen molar-refractivity contribution in [3.63, 3.8) is 0 Å². The average Bonchev–Trinajstić information content (AvgIpc) is 2.76. The summed E-state index contributed by atoms with van der Waals surface area (Å²) in [4.78, 5) is 0. The van der Waals surface area contributed by atoms with Crippen LogP contribution in [0.4, 0.5) is 0 Å². The third kappa shape index (κ3) is 2.84. The van der Waals surface area contributed by atoms with E-state index in [2.05, 4.69) is 10.2 Å². The van der Waals surface area contributed by atoms with Gasteiger partial charge in [-0.3, -0.25) is 0 Å². The van der Waals surface area contributed by atoms with E-state index in [0.717, 1.165) is 5.56 Å². The van der Waals surface area contributed by atoms with E-state index < -0.39 is 0 Å². The smallest absolute Gasteiger partial charge is 0.276 e. The highest BCUT2D eigenvalue weighted by atomic mass is 32.2. The summed E-state index contributed by atoms with van der Waals surface area (Å²) in [7, 11) is 0. The van der Waals surface area contributed by atoms with Crippen molar-refractivity contribution in [2.24, 2.45) is 0 Å². The lowest BCUT2D eigenvalue weighted by molar-refractivity contribution is 0.220. The quantitative estimate of drug-likeness (QED) is 0.825. The summed E-state index contributed by atoms with van der Waals surface area (Å²) < 4.78 is 5.45. The molecule has 1 aromatic carbocycles. The van der Waals surface area contributed by atoms with Crippen LogP contribution in [-0.4, -0.2) is 27.2 Å². The zero-order chi connectivity index (χ0) is 11.4. The van der Waals surface area contributed by atoms with E-state index in [1.54, 1.807) is 6.92 Å². The molecule has 0 saturated carbocycles. The van der Waals surface area contributed by atoms with Gasteiger partial charge in [-0.2, -0.15) is 0 Å². The molecule has 0 bridgehead atoms.